The number of ether oxygens (including phenoxy) is 2. The van der Waals surface area contributed by atoms with E-state index in [0.29, 0.717) is 5.75 Å². The Morgan fingerprint density at radius 2 is 1.57 bits per heavy atom. The summed E-state index contributed by atoms with van der Waals surface area (Å²) in [6.07, 6.45) is 1.08. The molecule has 2 aromatic carbocycles. The minimum Gasteiger partial charge on any atom is -0.492 e. The third kappa shape index (κ3) is 7.11. The van der Waals surface area contributed by atoms with E-state index < -0.39 is 27.8 Å². The molecule has 10 nitrogen and oxygen atoms in total. The molecule has 0 spiro atoms. The Hall–Kier alpha value is -4.25. The van der Waals surface area contributed by atoms with Gasteiger partial charge in [-0.1, -0.05) is 18.2 Å². The van der Waals surface area contributed by atoms with Crippen LogP contribution in [-0.4, -0.2) is 50.9 Å². The van der Waals surface area contributed by atoms with Crippen LogP contribution in [0.3, 0.4) is 0 Å². The summed E-state index contributed by atoms with van der Waals surface area (Å²) < 4.78 is 37.4. The van der Waals surface area contributed by atoms with Gasteiger partial charge in [0.05, 0.1) is 23.6 Å². The SMILES string of the molecule is CCOC(=O)c1ccc(C(=O)NS(=O)(=O)c2ccc(C(=O)NCCOc3ccccc3)cc2)cn1. The molecular formula is C24H23N3O7S. The number of nitrogens with one attached hydrogen (secondary N) is 2. The van der Waals surface area contributed by atoms with Crippen molar-refractivity contribution in [3.8, 4) is 5.75 Å². The van der Waals surface area contributed by atoms with Gasteiger partial charge in [0.2, 0.25) is 0 Å². The molecule has 3 aromatic rings. The van der Waals surface area contributed by atoms with E-state index in [1.54, 1.807) is 19.1 Å². The number of hydrogen-bond acceptors (Lipinski definition) is 8. The van der Waals surface area contributed by atoms with Gasteiger partial charge < -0.3 is 14.8 Å². The summed E-state index contributed by atoms with van der Waals surface area (Å²) in [5.41, 5.74) is 0.177. The lowest BCUT2D eigenvalue weighted by Gasteiger charge is -2.09. The molecule has 0 aliphatic heterocycles. The molecule has 35 heavy (non-hydrogen) atoms. The molecule has 0 fully saturated rings. The lowest BCUT2D eigenvalue weighted by atomic mass is 10.2. The van der Waals surface area contributed by atoms with Crippen LogP contribution in [0.25, 0.3) is 0 Å². The molecule has 0 aliphatic carbocycles. The maximum Gasteiger partial charge on any atom is 0.356 e. The smallest absolute Gasteiger partial charge is 0.356 e. The molecule has 0 unspecified atom stereocenters. The second kappa shape index (κ2) is 11.7. The Morgan fingerprint density at radius 1 is 0.886 bits per heavy atom. The van der Waals surface area contributed by atoms with Crippen molar-refractivity contribution in [3.63, 3.8) is 0 Å². The molecule has 2 amide bonds. The number of aromatic nitrogens is 1. The predicted molar refractivity (Wildman–Crippen MR) is 126 cm³/mol. The lowest BCUT2D eigenvalue weighted by molar-refractivity contribution is 0.0519. The highest BCUT2D eigenvalue weighted by atomic mass is 32.2. The largest absolute Gasteiger partial charge is 0.492 e. The van der Waals surface area contributed by atoms with Crippen molar-refractivity contribution in [2.75, 3.05) is 19.8 Å². The van der Waals surface area contributed by atoms with Crippen LogP contribution >= 0.6 is 0 Å². The summed E-state index contributed by atoms with van der Waals surface area (Å²) in [4.78, 5) is 39.9. The van der Waals surface area contributed by atoms with Crippen molar-refractivity contribution >= 4 is 27.8 Å². The fourth-order valence-electron chi connectivity index (χ4n) is 2.83. The van der Waals surface area contributed by atoms with Crippen molar-refractivity contribution < 1.29 is 32.3 Å². The maximum absolute atomic E-state index is 12.6. The van der Waals surface area contributed by atoms with Crippen LogP contribution in [0.2, 0.25) is 0 Å². The average molecular weight is 498 g/mol. The topological polar surface area (TPSA) is 141 Å². The first kappa shape index (κ1) is 25.4. The van der Waals surface area contributed by atoms with E-state index in [2.05, 4.69) is 10.3 Å². The minimum atomic E-state index is -4.21. The molecule has 3 rings (SSSR count). The van der Waals surface area contributed by atoms with E-state index in [-0.39, 0.29) is 41.5 Å². The van der Waals surface area contributed by atoms with Gasteiger partial charge in [-0.2, -0.15) is 0 Å². The zero-order valence-corrected chi connectivity index (χ0v) is 19.6. The zero-order valence-electron chi connectivity index (χ0n) is 18.8. The number of pyridine rings is 1. The van der Waals surface area contributed by atoms with Crippen molar-refractivity contribution in [2.45, 2.75) is 11.8 Å². The lowest BCUT2D eigenvalue weighted by Crippen LogP contribution is -2.31. The fourth-order valence-corrected chi connectivity index (χ4v) is 3.81. The van der Waals surface area contributed by atoms with Gasteiger partial charge in [-0.05, 0) is 55.5 Å². The van der Waals surface area contributed by atoms with Crippen LogP contribution in [-0.2, 0) is 14.8 Å². The quantitative estimate of drug-likeness (QED) is 0.321. The molecule has 182 valence electrons. The van der Waals surface area contributed by atoms with Gasteiger partial charge in [-0.25, -0.2) is 22.9 Å². The number of rotatable bonds is 10. The predicted octanol–water partition coefficient (Wildman–Crippen LogP) is 2.19. The van der Waals surface area contributed by atoms with E-state index in [0.717, 1.165) is 6.20 Å². The molecule has 11 heteroatoms. The number of hydrogen-bond donors (Lipinski definition) is 2. The van der Waals surface area contributed by atoms with Crippen molar-refractivity contribution in [1.82, 2.24) is 15.0 Å². The Bertz CT molecular complexity index is 1280. The summed E-state index contributed by atoms with van der Waals surface area (Å²) >= 11 is 0. The second-order valence-electron chi connectivity index (χ2n) is 7.03. The molecule has 0 bridgehead atoms. The first-order chi connectivity index (χ1) is 16.8. The Kier molecular flexibility index (Phi) is 8.52. The Labute approximate surface area is 202 Å². The average Bonchev–Trinajstić information content (AvgIpc) is 2.87. The van der Waals surface area contributed by atoms with Gasteiger partial charge in [-0.3, -0.25) is 9.59 Å². The summed E-state index contributed by atoms with van der Waals surface area (Å²) in [5.74, 6) is -1.29. The highest BCUT2D eigenvalue weighted by Crippen LogP contribution is 2.12. The summed E-state index contributed by atoms with van der Waals surface area (Å²) in [5, 5.41) is 2.68. The van der Waals surface area contributed by atoms with Crippen molar-refractivity contribution in [2.24, 2.45) is 0 Å². The van der Waals surface area contributed by atoms with Crippen molar-refractivity contribution in [1.29, 1.82) is 0 Å². The first-order valence-corrected chi connectivity index (χ1v) is 12.0. The van der Waals surface area contributed by atoms with Crippen LogP contribution in [0.4, 0.5) is 0 Å². The molecule has 1 heterocycles. The zero-order chi connectivity index (χ0) is 25.3. The van der Waals surface area contributed by atoms with E-state index in [1.165, 1.54) is 36.4 Å². The third-order valence-electron chi connectivity index (χ3n) is 4.56. The fraction of sp³-hybridized carbons (Fsp3) is 0.167. The Morgan fingerprint density at radius 3 is 2.20 bits per heavy atom. The van der Waals surface area contributed by atoms with Gasteiger partial charge >= 0.3 is 5.97 Å². The van der Waals surface area contributed by atoms with Gasteiger partial charge in [-0.15, -0.1) is 0 Å². The second-order valence-corrected chi connectivity index (χ2v) is 8.71. The standard InChI is InChI=1S/C24H23N3O7S/c1-2-33-24(30)21-13-10-18(16-26-21)23(29)27-35(31,32)20-11-8-17(9-12-20)22(28)25-14-15-34-19-6-4-3-5-7-19/h3-13,16H,2,14-15H2,1H3,(H,25,28)(H,27,29). The molecule has 0 aliphatic rings. The van der Waals surface area contributed by atoms with Crippen LogP contribution in [0.1, 0.15) is 38.1 Å². The molecule has 0 saturated carbocycles. The Balaban J connectivity index is 1.54. The molecule has 2 N–H and O–H groups in total. The van der Waals surface area contributed by atoms with Crippen LogP contribution in [0.5, 0.6) is 5.75 Å². The van der Waals surface area contributed by atoms with E-state index in [9.17, 15) is 22.8 Å². The summed E-state index contributed by atoms with van der Waals surface area (Å²) in [7, 11) is -4.21. The molecular weight excluding hydrogens is 474 g/mol. The number of benzene rings is 2. The molecule has 0 saturated heterocycles. The maximum atomic E-state index is 12.6. The third-order valence-corrected chi connectivity index (χ3v) is 5.91. The number of esters is 1. The van der Waals surface area contributed by atoms with Crippen LogP contribution in [0.15, 0.2) is 77.8 Å². The highest BCUT2D eigenvalue weighted by Gasteiger charge is 2.20. The normalized spacial score (nSPS) is 10.8. The van der Waals surface area contributed by atoms with Gasteiger partial charge in [0, 0.05) is 11.8 Å². The highest BCUT2D eigenvalue weighted by molar-refractivity contribution is 7.90. The van der Waals surface area contributed by atoms with Crippen LogP contribution < -0.4 is 14.8 Å². The van der Waals surface area contributed by atoms with Gasteiger partial charge in [0.1, 0.15) is 18.1 Å². The van der Waals surface area contributed by atoms with E-state index >= 15 is 0 Å². The summed E-state index contributed by atoms with van der Waals surface area (Å²) in [6.45, 7) is 2.34. The van der Waals surface area contributed by atoms with E-state index in [1.807, 2.05) is 22.9 Å². The van der Waals surface area contributed by atoms with Crippen LogP contribution in [0, 0.1) is 0 Å². The monoisotopic (exact) mass is 497 g/mol. The number of amides is 2. The first-order valence-electron chi connectivity index (χ1n) is 10.6. The molecule has 0 radical (unpaired) electrons. The molecule has 1 aromatic heterocycles. The summed E-state index contributed by atoms with van der Waals surface area (Å²) in [6, 6.07) is 16.8. The van der Waals surface area contributed by atoms with Gasteiger partial charge in [0.25, 0.3) is 21.8 Å². The number of carbonyl (C=O) groups is 3. The minimum absolute atomic E-state index is 0.00764. The van der Waals surface area contributed by atoms with E-state index in [4.69, 9.17) is 9.47 Å². The number of nitrogens with zero attached hydrogens (tertiary/aromatic N) is 1. The number of carbonyl (C=O) groups excluding carboxylic acids is 3. The number of para-hydroxylation sites is 1. The number of sulfonamides is 1. The van der Waals surface area contributed by atoms with Crippen molar-refractivity contribution in [3.05, 3.63) is 89.7 Å². The van der Waals surface area contributed by atoms with Gasteiger partial charge in [0.15, 0.2) is 0 Å². The molecule has 0 atom stereocenters.